The number of piperazine rings is 1. The van der Waals surface area contributed by atoms with Crippen LogP contribution in [0, 0.1) is 11.7 Å². The molecule has 2 fully saturated rings. The van der Waals surface area contributed by atoms with Crippen LogP contribution in [0.1, 0.15) is 69.5 Å². The number of nitrogens with zero attached hydrogens (tertiary/aromatic N) is 2. The zero-order valence-corrected chi connectivity index (χ0v) is 26.6. The number of halogens is 1. The molecule has 2 aliphatic heterocycles. The Morgan fingerprint density at radius 3 is 2.07 bits per heavy atom. The van der Waals surface area contributed by atoms with Gasteiger partial charge in [-0.15, -0.1) is 11.3 Å². The predicted octanol–water partition coefficient (Wildman–Crippen LogP) is 6.47. The van der Waals surface area contributed by atoms with Crippen molar-refractivity contribution in [3.63, 3.8) is 0 Å². The van der Waals surface area contributed by atoms with E-state index in [1.54, 1.807) is 47.4 Å². The lowest BCUT2D eigenvalue weighted by atomic mass is 9.76. The molecule has 8 heteroatoms. The summed E-state index contributed by atoms with van der Waals surface area (Å²) in [6.07, 6.45) is 0. The molecule has 0 bridgehead atoms. The van der Waals surface area contributed by atoms with Crippen molar-refractivity contribution in [2.45, 2.75) is 44.2 Å². The molecule has 2 amide bonds. The van der Waals surface area contributed by atoms with Gasteiger partial charge in [-0.3, -0.25) is 14.4 Å². The van der Waals surface area contributed by atoms with Gasteiger partial charge in [0.2, 0.25) is 5.91 Å². The summed E-state index contributed by atoms with van der Waals surface area (Å²) in [7, 11) is 0. The highest BCUT2D eigenvalue weighted by Crippen LogP contribution is 2.52. The Labute approximate surface area is 267 Å². The Bertz CT molecular complexity index is 1640. The second-order valence-corrected chi connectivity index (χ2v) is 13.8. The van der Waals surface area contributed by atoms with Gasteiger partial charge in [0.1, 0.15) is 11.9 Å². The van der Waals surface area contributed by atoms with Crippen LogP contribution in [-0.2, 0) is 10.2 Å². The van der Waals surface area contributed by atoms with E-state index in [1.807, 2.05) is 34.5 Å². The molecular formula is C37H38FN3O3S. The summed E-state index contributed by atoms with van der Waals surface area (Å²) < 4.78 is 14.3. The van der Waals surface area contributed by atoms with Gasteiger partial charge in [0.05, 0.1) is 16.8 Å². The molecule has 0 saturated carbocycles. The number of nitrogens with one attached hydrogen (secondary N) is 1. The van der Waals surface area contributed by atoms with E-state index in [-0.39, 0.29) is 23.0 Å². The average Bonchev–Trinajstić information content (AvgIpc) is 3.72. The SMILES string of the molecule is CC(C)(C)c1ccc(C2C(C(=O)c3cccs3)C(c3ccc(F)cc3)N(C(=O)c3ccccc3)C2C(=O)N2CCNCC2)cc1. The van der Waals surface area contributed by atoms with E-state index < -0.39 is 29.7 Å². The fraction of sp³-hybridized carbons (Fsp3) is 0.324. The predicted molar refractivity (Wildman–Crippen MR) is 175 cm³/mol. The quantitative estimate of drug-likeness (QED) is 0.250. The Kier molecular flexibility index (Phi) is 8.71. The molecule has 1 aromatic heterocycles. The Morgan fingerprint density at radius 1 is 0.822 bits per heavy atom. The molecule has 4 aromatic rings. The first-order chi connectivity index (χ1) is 21.6. The highest BCUT2D eigenvalue weighted by atomic mass is 32.1. The molecule has 1 N–H and O–H groups in total. The maximum absolute atomic E-state index is 14.8. The molecule has 45 heavy (non-hydrogen) atoms. The first-order valence-corrected chi connectivity index (χ1v) is 16.3. The van der Waals surface area contributed by atoms with E-state index in [2.05, 4.69) is 38.2 Å². The smallest absolute Gasteiger partial charge is 0.255 e. The number of hydrogen-bond donors (Lipinski definition) is 1. The van der Waals surface area contributed by atoms with Gasteiger partial charge in [0.15, 0.2) is 5.78 Å². The number of thiophene rings is 1. The Hall–Kier alpha value is -4.14. The van der Waals surface area contributed by atoms with E-state index in [1.165, 1.54) is 23.5 Å². The summed E-state index contributed by atoms with van der Waals surface area (Å²) in [6, 6.07) is 24.9. The van der Waals surface area contributed by atoms with Crippen LogP contribution in [0.4, 0.5) is 4.39 Å². The van der Waals surface area contributed by atoms with Crippen molar-refractivity contribution in [2.24, 2.45) is 5.92 Å². The summed E-state index contributed by atoms with van der Waals surface area (Å²) in [5.41, 5.74) is 2.89. The van der Waals surface area contributed by atoms with Gasteiger partial charge in [0.25, 0.3) is 5.91 Å². The zero-order chi connectivity index (χ0) is 31.7. The fourth-order valence-corrected chi connectivity index (χ4v) is 7.46. The topological polar surface area (TPSA) is 69.7 Å². The highest BCUT2D eigenvalue weighted by molar-refractivity contribution is 7.12. The average molecular weight is 624 g/mol. The second-order valence-electron chi connectivity index (χ2n) is 12.9. The van der Waals surface area contributed by atoms with Crippen molar-refractivity contribution in [3.05, 3.63) is 129 Å². The van der Waals surface area contributed by atoms with Crippen LogP contribution in [-0.4, -0.2) is 59.6 Å². The summed E-state index contributed by atoms with van der Waals surface area (Å²) in [6.45, 7) is 8.73. The summed E-state index contributed by atoms with van der Waals surface area (Å²) >= 11 is 1.35. The number of carbonyl (C=O) groups excluding carboxylic acids is 3. The van der Waals surface area contributed by atoms with Crippen molar-refractivity contribution >= 4 is 28.9 Å². The summed E-state index contributed by atoms with van der Waals surface area (Å²) in [5.74, 6) is -2.50. The van der Waals surface area contributed by atoms with Crippen LogP contribution in [0.25, 0.3) is 0 Å². The molecule has 0 spiro atoms. The van der Waals surface area contributed by atoms with Crippen molar-refractivity contribution in [1.82, 2.24) is 15.1 Å². The molecule has 232 valence electrons. The molecule has 6 nitrogen and oxygen atoms in total. The first-order valence-electron chi connectivity index (χ1n) is 15.5. The van der Waals surface area contributed by atoms with Crippen LogP contribution >= 0.6 is 11.3 Å². The second kappa shape index (κ2) is 12.7. The lowest BCUT2D eigenvalue weighted by Crippen LogP contribution is -2.54. The van der Waals surface area contributed by atoms with Crippen LogP contribution in [0.2, 0.25) is 0 Å². The van der Waals surface area contributed by atoms with E-state index in [0.29, 0.717) is 42.2 Å². The number of benzene rings is 3. The summed E-state index contributed by atoms with van der Waals surface area (Å²) in [4.78, 5) is 48.1. The molecule has 2 aliphatic rings. The largest absolute Gasteiger partial charge is 0.338 e. The number of ketones is 1. The number of hydrogen-bond acceptors (Lipinski definition) is 5. The number of carbonyl (C=O) groups is 3. The number of amides is 2. The van der Waals surface area contributed by atoms with Crippen LogP contribution < -0.4 is 5.32 Å². The third kappa shape index (κ3) is 6.09. The Balaban J connectivity index is 1.60. The van der Waals surface area contributed by atoms with Gasteiger partial charge >= 0.3 is 0 Å². The van der Waals surface area contributed by atoms with E-state index in [0.717, 1.165) is 11.1 Å². The van der Waals surface area contributed by atoms with Gasteiger partial charge < -0.3 is 15.1 Å². The zero-order valence-electron chi connectivity index (χ0n) is 25.8. The standard InChI is InChI=1S/C37H38FN3O3S/c1-37(2,3)27-15-11-24(12-16-27)30-31(34(42)29-10-7-23-45-29)32(25-13-17-28(38)18-14-25)41(35(43)26-8-5-4-6-9-26)33(30)36(44)40-21-19-39-20-22-40/h4-18,23,30-33,39H,19-22H2,1-3H3. The van der Waals surface area contributed by atoms with Crippen molar-refractivity contribution < 1.29 is 18.8 Å². The maximum atomic E-state index is 14.8. The van der Waals surface area contributed by atoms with Gasteiger partial charge in [-0.05, 0) is 57.8 Å². The van der Waals surface area contributed by atoms with E-state index in [4.69, 9.17) is 0 Å². The van der Waals surface area contributed by atoms with Gasteiger partial charge in [-0.2, -0.15) is 0 Å². The third-order valence-corrected chi connectivity index (χ3v) is 9.93. The molecule has 6 rings (SSSR count). The lowest BCUT2D eigenvalue weighted by Gasteiger charge is -2.36. The minimum absolute atomic E-state index is 0.0949. The summed E-state index contributed by atoms with van der Waals surface area (Å²) in [5, 5.41) is 5.17. The minimum atomic E-state index is -0.958. The molecule has 0 radical (unpaired) electrons. The number of likely N-dealkylation sites (tertiary alicyclic amines) is 1. The van der Waals surface area contributed by atoms with Gasteiger partial charge in [-0.25, -0.2) is 4.39 Å². The molecule has 2 saturated heterocycles. The number of Topliss-reactive ketones (excluding diaryl/α,β-unsaturated/α-hetero) is 1. The van der Waals surface area contributed by atoms with Crippen molar-refractivity contribution in [2.75, 3.05) is 26.2 Å². The van der Waals surface area contributed by atoms with E-state index >= 15 is 0 Å². The molecule has 3 heterocycles. The van der Waals surface area contributed by atoms with E-state index in [9.17, 15) is 18.8 Å². The molecule has 3 aromatic carbocycles. The van der Waals surface area contributed by atoms with Gasteiger partial charge in [0, 0.05) is 37.7 Å². The maximum Gasteiger partial charge on any atom is 0.255 e. The first kappa shape index (κ1) is 30.9. The van der Waals surface area contributed by atoms with Crippen molar-refractivity contribution in [1.29, 1.82) is 0 Å². The fourth-order valence-electron chi connectivity index (χ4n) is 6.75. The van der Waals surface area contributed by atoms with Crippen LogP contribution in [0.3, 0.4) is 0 Å². The Morgan fingerprint density at radius 2 is 1.47 bits per heavy atom. The lowest BCUT2D eigenvalue weighted by molar-refractivity contribution is -0.136. The highest BCUT2D eigenvalue weighted by Gasteiger charge is 2.58. The molecular weight excluding hydrogens is 585 g/mol. The monoisotopic (exact) mass is 623 g/mol. The molecule has 0 aliphatic carbocycles. The van der Waals surface area contributed by atoms with Gasteiger partial charge in [-0.1, -0.05) is 81.4 Å². The normalized spacial score (nSPS) is 22.0. The third-order valence-electron chi connectivity index (χ3n) is 9.04. The molecule has 4 atom stereocenters. The number of rotatable bonds is 6. The van der Waals surface area contributed by atoms with Crippen LogP contribution in [0.15, 0.2) is 96.4 Å². The molecule has 4 unspecified atom stereocenters. The van der Waals surface area contributed by atoms with Crippen LogP contribution in [0.5, 0.6) is 0 Å². The minimum Gasteiger partial charge on any atom is -0.338 e. The van der Waals surface area contributed by atoms with Crippen molar-refractivity contribution in [3.8, 4) is 0 Å².